The number of unbranched alkanes of at least 4 members (excludes halogenated alkanes) is 1. The van der Waals surface area contributed by atoms with E-state index in [4.69, 9.17) is 143 Å². The normalized spacial score (nSPS) is 13.3. The lowest BCUT2D eigenvalue weighted by Crippen LogP contribution is -2.38. The molecule has 812 valence electrons. The summed E-state index contributed by atoms with van der Waals surface area (Å²) in [7, 11) is 0. The number of aliphatic hydroxyl groups excluding tert-OH is 10. The van der Waals surface area contributed by atoms with Crippen molar-refractivity contribution in [2.45, 2.75) is 184 Å². The Kier molecular flexibility index (Phi) is 68.4. The van der Waals surface area contributed by atoms with Crippen LogP contribution >= 0.6 is 0 Å². The van der Waals surface area contributed by atoms with Crippen LogP contribution in [-0.4, -0.2) is 295 Å². The molecule has 2 aliphatic rings. The largest absolute Gasteiger partial charge is 0.508 e. The molecule has 0 aliphatic carbocycles. The van der Waals surface area contributed by atoms with Crippen molar-refractivity contribution in [3.8, 4) is 57.5 Å². The predicted octanol–water partition coefficient (Wildman–Crippen LogP) is 9.37. The number of carboxylic acids is 7. The number of aromatic hydroxyl groups is 10. The summed E-state index contributed by atoms with van der Waals surface area (Å²) in [5, 5.41) is 234. The Morgan fingerprint density at radius 1 is 0.439 bits per heavy atom. The molecular formula is C103H131NO44. The van der Waals surface area contributed by atoms with Crippen LogP contribution in [0.4, 0.5) is 0 Å². The predicted molar refractivity (Wildman–Crippen MR) is 531 cm³/mol. The van der Waals surface area contributed by atoms with Crippen LogP contribution in [0.15, 0.2) is 188 Å². The van der Waals surface area contributed by atoms with Crippen LogP contribution in [0.25, 0.3) is 6.08 Å². The van der Waals surface area contributed by atoms with Crippen molar-refractivity contribution in [3.63, 3.8) is 0 Å². The van der Waals surface area contributed by atoms with Crippen molar-refractivity contribution < 1.29 is 219 Å². The number of Topliss-reactive ketones (excluding diaryl/α,β-unsaturated/α-hetero) is 7. The molecule has 2 aliphatic heterocycles. The van der Waals surface area contributed by atoms with Gasteiger partial charge in [0.15, 0.2) is 75.9 Å². The van der Waals surface area contributed by atoms with Crippen LogP contribution in [0, 0.1) is 53.4 Å². The van der Waals surface area contributed by atoms with Crippen molar-refractivity contribution in [1.82, 2.24) is 0 Å². The first-order valence-electron chi connectivity index (χ1n) is 44.1. The lowest BCUT2D eigenvalue weighted by atomic mass is 10.0. The lowest BCUT2D eigenvalue weighted by Gasteiger charge is -2.15. The standard InChI is InChI=1S/C10H10O3.C9H10O4.C9H10O2.C8H8O3.C8H8O2.2C8H16O.C7H10O5.C7H6O4.C7H8O2.C6H6O6.C6H6O2.C5H9NO4.C5H8O5/c1-7-6-8(2-4-9(7)11)3-5-10(12)13;1-5-2-6(8(12)4-10)3-7(11)9(5)13;1-7-2-4-8(5-3-7)9(11)6-10;1-5-4-6(8(10)11)2-3-7(5)9;1-6-2-4-7(5-3-6)8(9)10;1-4-7(2)5-6-8(3)9;1-4-5-6-7(2)8(3)9;1-3-5(10)6(11)7(12-3)4(9)2-8;8-5-1-4(7(10)11)2-6(9)3-5;1-5-6(8)3-2-4-7(5)9;7-1-2(8)5-3(9)4(10)6(11)12-5;7-5-3-1-2-4-6(5)8;6-3(5(9)10)1-2-4(7)8;1-2(6)3(7)4(8)5(9)10/h2-6,11H,1H3,(H,12,13);2-3,10-11,13H,4H2,1H3;2-5,10H,6H2,1H3;2-4,9H,1H3,(H,10,11);2-5H,1H3,(H,9,10);2*7H,4-6H2,1-3H3;4,7-11H,1-2H2;1-3,8-9H,(H,10,11);2-4,8-9H,1H3;2,5,7-8H,1H2;1-4,7-8H;3H,1-2,6H2,(H,7,8)(H,9,10);3-4,7-8H,1H3,(H,9,10)/b5-3+;;;;;;;;;;;;;. The molecular weight excluding hydrogens is 1960 g/mol. The smallest absolute Gasteiger partial charge is 0.383 e. The van der Waals surface area contributed by atoms with Crippen molar-refractivity contribution in [3.05, 3.63) is 254 Å². The quantitative estimate of drug-likeness (QED) is 0.00713. The molecule has 8 aromatic carbocycles. The molecule has 45 heteroatoms. The maximum absolute atomic E-state index is 11.0. The number of cyclic esters (lactones) is 1. The molecule has 148 heavy (non-hydrogen) atoms. The molecule has 1 saturated heterocycles. The van der Waals surface area contributed by atoms with Crippen LogP contribution in [0.2, 0.25) is 0 Å². The molecule has 10 rings (SSSR count). The molecule has 45 nitrogen and oxygen atoms in total. The number of aromatic carboxylic acids is 3. The fourth-order valence-corrected chi connectivity index (χ4v) is 9.90. The van der Waals surface area contributed by atoms with Crippen molar-refractivity contribution >= 4 is 94.3 Å². The SMILES string of the molecule is C=C1OC(C(O)CO)C(O)=C1O.CC(=O)C(O)C(O)C(=O)O.CCC(C)CCC(C)=O.CCCCC(C)C(C)=O.Cc1c(O)cccc1O.Cc1cc(/C=C/C(=O)O)ccc1O.Cc1cc(C(=O)CO)cc(O)c1O.Cc1cc(C(=O)O)ccc1O.Cc1ccc(C(=O)CO)cc1.Cc1ccc(C(=O)O)cc1.NC(CCC(=O)O)C(=O)O.O=C(O)c1cc(O)cc(O)c1.O=C1OC(C(O)CO)C(=O)C1=O.Oc1ccccc1O. The molecule has 0 aromatic heterocycles. The molecule has 1 fully saturated rings. The molecule has 0 saturated carbocycles. The van der Waals surface area contributed by atoms with Gasteiger partial charge in [-0.25, -0.2) is 28.8 Å². The van der Waals surface area contributed by atoms with E-state index < -0.39 is 151 Å². The number of benzene rings is 8. The first kappa shape index (κ1) is 138. The van der Waals surface area contributed by atoms with E-state index in [9.17, 15) is 77.0 Å². The van der Waals surface area contributed by atoms with Gasteiger partial charge in [0, 0.05) is 47.6 Å². The zero-order valence-electron chi connectivity index (χ0n) is 83.1. The Labute approximate surface area is 849 Å². The highest BCUT2D eigenvalue weighted by molar-refractivity contribution is 6.65. The molecule has 0 amide bonds. The number of aryl methyl sites for hydroxylation is 5. The molecule has 9 unspecified atom stereocenters. The minimum atomic E-state index is -2.02. The van der Waals surface area contributed by atoms with E-state index in [1.165, 1.54) is 79.9 Å². The number of rotatable bonds is 28. The summed E-state index contributed by atoms with van der Waals surface area (Å²) in [6, 6.07) is 38.4. The minimum absolute atomic E-state index is 0.0231. The molecule has 9 atom stereocenters. The monoisotopic (exact) mass is 2090 g/mol. The maximum atomic E-state index is 11.0. The third-order valence-corrected chi connectivity index (χ3v) is 19.3. The number of hydrogen-bond donors (Lipinski definition) is 28. The maximum Gasteiger partial charge on any atom is 0.383 e. The van der Waals surface area contributed by atoms with Crippen LogP contribution in [0.5, 0.6) is 57.5 Å². The average Bonchev–Trinajstić information content (AvgIpc) is 1.79. The second kappa shape index (κ2) is 73.5. The third-order valence-electron chi connectivity index (χ3n) is 19.3. The highest BCUT2D eigenvalue weighted by Crippen LogP contribution is 2.31. The van der Waals surface area contributed by atoms with Crippen LogP contribution in [-0.2, 0) is 57.4 Å². The number of aliphatic carboxylic acids is 4. The lowest BCUT2D eigenvalue weighted by molar-refractivity contribution is -0.156. The number of carbonyl (C=O) groups excluding carboxylic acids is 8. The average molecular weight is 2090 g/mol. The van der Waals surface area contributed by atoms with E-state index in [2.05, 4.69) is 32.1 Å². The summed E-state index contributed by atoms with van der Waals surface area (Å²) in [5.41, 5.74) is 11.3. The first-order valence-corrected chi connectivity index (χ1v) is 44.1. The molecule has 2 heterocycles. The Morgan fingerprint density at radius 3 is 1.22 bits per heavy atom. The van der Waals surface area contributed by atoms with Gasteiger partial charge in [-0.3, -0.25) is 38.4 Å². The molecule has 0 radical (unpaired) electrons. The Hall–Kier alpha value is -16.5. The number of phenolic OH excluding ortho intramolecular Hbond substituents is 10. The summed E-state index contributed by atoms with van der Waals surface area (Å²) in [5.74, 6) is -13.1. The summed E-state index contributed by atoms with van der Waals surface area (Å²) >= 11 is 0. The number of carboxylic acid groups (broad SMARTS) is 7. The number of ketones is 7. The highest BCUT2D eigenvalue weighted by Gasteiger charge is 2.46. The second-order valence-electron chi connectivity index (χ2n) is 31.7. The van der Waals surface area contributed by atoms with Gasteiger partial charge < -0.3 is 158 Å². The Balaban J connectivity index is -0.000000756. The number of ether oxygens (including phenoxy) is 2. The van der Waals surface area contributed by atoms with Gasteiger partial charge in [-0.15, -0.1) is 0 Å². The van der Waals surface area contributed by atoms with Crippen molar-refractivity contribution in [2.24, 2.45) is 17.6 Å². The highest BCUT2D eigenvalue weighted by atomic mass is 16.6. The number of esters is 1. The van der Waals surface area contributed by atoms with Gasteiger partial charge in [0.2, 0.25) is 0 Å². The van der Waals surface area contributed by atoms with E-state index in [-0.39, 0.29) is 104 Å². The van der Waals surface area contributed by atoms with Gasteiger partial charge in [0.1, 0.15) is 83.6 Å². The van der Waals surface area contributed by atoms with Crippen molar-refractivity contribution in [2.75, 3.05) is 26.4 Å². The minimum Gasteiger partial charge on any atom is -0.508 e. The van der Waals surface area contributed by atoms with Crippen molar-refractivity contribution in [1.29, 1.82) is 0 Å². The third kappa shape index (κ3) is 58.3. The second-order valence-corrected chi connectivity index (χ2v) is 31.7. The van der Waals surface area contributed by atoms with E-state index in [1.54, 1.807) is 108 Å². The molecule has 8 aromatic rings. The number of aliphatic hydroxyl groups is 10. The van der Waals surface area contributed by atoms with E-state index in [0.717, 1.165) is 78.8 Å². The van der Waals surface area contributed by atoms with E-state index >= 15 is 0 Å². The zero-order valence-corrected chi connectivity index (χ0v) is 83.1. The van der Waals surface area contributed by atoms with E-state index in [1.807, 2.05) is 32.9 Å². The molecule has 0 spiro atoms. The Bertz CT molecular complexity index is 5590. The topological polar surface area (TPSA) is 847 Å². The molecule has 29 N–H and O–H groups in total. The fraction of sp³-hybridized carbons (Fsp3) is 0.330. The summed E-state index contributed by atoms with van der Waals surface area (Å²) in [6.07, 6.45) is -0.497. The van der Waals surface area contributed by atoms with Gasteiger partial charge in [-0.2, -0.15) is 0 Å². The number of hydrogen-bond acceptors (Lipinski definition) is 38. The van der Waals surface area contributed by atoms with E-state index in [0.29, 0.717) is 45.3 Å². The number of para-hydroxylation sites is 2. The summed E-state index contributed by atoms with van der Waals surface area (Å²) in [6.45, 7) is 24.3. The van der Waals surface area contributed by atoms with Gasteiger partial charge in [0.05, 0.1) is 29.9 Å². The van der Waals surface area contributed by atoms with Crippen LogP contribution in [0.3, 0.4) is 0 Å². The fourth-order valence-electron chi connectivity index (χ4n) is 9.90. The van der Waals surface area contributed by atoms with Gasteiger partial charge in [-0.05, 0) is 207 Å². The zero-order chi connectivity index (χ0) is 115. The Morgan fingerprint density at radius 2 is 0.878 bits per heavy atom. The summed E-state index contributed by atoms with van der Waals surface area (Å²) < 4.78 is 8.95. The van der Waals surface area contributed by atoms with Gasteiger partial charge in [-0.1, -0.05) is 125 Å². The summed E-state index contributed by atoms with van der Waals surface area (Å²) in [4.78, 5) is 156. The van der Waals surface area contributed by atoms with Gasteiger partial charge in [0.25, 0.3) is 5.78 Å². The van der Waals surface area contributed by atoms with Crippen LogP contribution < -0.4 is 5.73 Å². The number of phenols is 10. The number of nitrogens with two attached hydrogens (primary N) is 1. The first-order chi connectivity index (χ1) is 68.8. The molecule has 0 bridgehead atoms. The number of carbonyl (C=O) groups is 15. The van der Waals surface area contributed by atoms with Gasteiger partial charge >= 0.3 is 53.5 Å². The van der Waals surface area contributed by atoms with Crippen LogP contribution in [0.1, 0.15) is 191 Å².